The highest BCUT2D eigenvalue weighted by atomic mass is 35.5. The van der Waals surface area contributed by atoms with E-state index < -0.39 is 0 Å². The molecule has 0 aliphatic heterocycles. The number of halogens is 2. The summed E-state index contributed by atoms with van der Waals surface area (Å²) in [4.78, 5) is 4.48. The Bertz CT molecular complexity index is 791. The predicted octanol–water partition coefficient (Wildman–Crippen LogP) is 5.03. The molecule has 0 bridgehead atoms. The molecule has 0 N–H and O–H groups in total. The molecule has 0 aliphatic carbocycles. The first-order valence-electron chi connectivity index (χ1n) is 6.40. The van der Waals surface area contributed by atoms with Crippen LogP contribution in [0.5, 0.6) is 0 Å². The number of alkyl halides is 1. The molecule has 20 heavy (non-hydrogen) atoms. The Hall–Kier alpha value is -1.51. The lowest BCUT2D eigenvalue weighted by Gasteiger charge is -2.11. The van der Waals surface area contributed by atoms with Gasteiger partial charge in [-0.3, -0.25) is 4.57 Å². The Balaban J connectivity index is 2.30. The van der Waals surface area contributed by atoms with E-state index in [9.17, 15) is 0 Å². The molecule has 3 aromatic rings. The zero-order valence-electron chi connectivity index (χ0n) is 11.3. The van der Waals surface area contributed by atoms with Gasteiger partial charge in [-0.25, -0.2) is 4.98 Å². The third-order valence-corrected chi connectivity index (χ3v) is 4.27. The quantitative estimate of drug-likeness (QED) is 0.607. The molecule has 0 saturated carbocycles. The average Bonchev–Trinajstić information content (AvgIpc) is 2.81. The number of imidazole rings is 1. The molecule has 0 amide bonds. The van der Waals surface area contributed by atoms with Crippen LogP contribution in [0.2, 0.25) is 5.02 Å². The molecular weight excluding hydrogens is 291 g/mol. The molecule has 0 unspecified atom stereocenters. The van der Waals surface area contributed by atoms with Crippen LogP contribution in [0.1, 0.15) is 16.7 Å². The highest BCUT2D eigenvalue weighted by Crippen LogP contribution is 2.28. The van der Waals surface area contributed by atoms with E-state index in [1.165, 1.54) is 11.1 Å². The van der Waals surface area contributed by atoms with Gasteiger partial charge in [0.25, 0.3) is 0 Å². The van der Waals surface area contributed by atoms with E-state index in [-0.39, 0.29) is 0 Å². The van der Waals surface area contributed by atoms with Gasteiger partial charge in [0.05, 0.1) is 22.6 Å². The molecule has 0 saturated heterocycles. The lowest BCUT2D eigenvalue weighted by atomic mass is 10.1. The van der Waals surface area contributed by atoms with E-state index in [1.54, 1.807) is 0 Å². The Labute approximate surface area is 128 Å². The Morgan fingerprint density at radius 1 is 1.15 bits per heavy atom. The number of hydrogen-bond acceptors (Lipinski definition) is 1. The maximum Gasteiger partial charge on any atom is 0.100 e. The van der Waals surface area contributed by atoms with Crippen LogP contribution in [0.3, 0.4) is 0 Å². The zero-order chi connectivity index (χ0) is 14.3. The monoisotopic (exact) mass is 304 g/mol. The van der Waals surface area contributed by atoms with Crippen molar-refractivity contribution in [1.29, 1.82) is 0 Å². The normalized spacial score (nSPS) is 11.2. The average molecular weight is 305 g/mol. The highest BCUT2D eigenvalue weighted by Gasteiger charge is 2.11. The molecule has 0 radical (unpaired) electrons. The van der Waals surface area contributed by atoms with Crippen molar-refractivity contribution in [3.8, 4) is 5.69 Å². The molecule has 0 fully saturated rings. The van der Waals surface area contributed by atoms with E-state index in [2.05, 4.69) is 31.0 Å². The van der Waals surface area contributed by atoms with Crippen molar-refractivity contribution in [1.82, 2.24) is 9.55 Å². The third-order valence-electron chi connectivity index (χ3n) is 3.65. The molecular formula is C16H14Cl2N2. The second-order valence-corrected chi connectivity index (χ2v) is 5.59. The van der Waals surface area contributed by atoms with Crippen molar-refractivity contribution in [2.24, 2.45) is 0 Å². The SMILES string of the molecule is Cc1cc2ncn(-c3cccc(Cl)c3CCl)c2cc1C. The largest absolute Gasteiger partial charge is 0.298 e. The molecule has 0 spiro atoms. The topological polar surface area (TPSA) is 17.8 Å². The van der Waals surface area contributed by atoms with Gasteiger partial charge in [0, 0.05) is 10.6 Å². The summed E-state index contributed by atoms with van der Waals surface area (Å²) >= 11 is 12.3. The molecule has 102 valence electrons. The van der Waals surface area contributed by atoms with Gasteiger partial charge >= 0.3 is 0 Å². The van der Waals surface area contributed by atoms with Crippen LogP contribution in [0.15, 0.2) is 36.7 Å². The second kappa shape index (κ2) is 5.12. The standard InChI is InChI=1S/C16H14Cl2N2/c1-10-6-14-16(7-11(10)2)20(9-19-14)15-5-3-4-13(18)12(15)8-17/h3-7,9H,8H2,1-2H3. The molecule has 1 heterocycles. The number of nitrogens with zero attached hydrogens (tertiary/aromatic N) is 2. The van der Waals surface area contributed by atoms with Gasteiger partial charge in [0.1, 0.15) is 6.33 Å². The predicted molar refractivity (Wildman–Crippen MR) is 85.1 cm³/mol. The van der Waals surface area contributed by atoms with Gasteiger partial charge in [-0.2, -0.15) is 0 Å². The summed E-state index contributed by atoms with van der Waals surface area (Å²) in [5.41, 5.74) is 6.45. The van der Waals surface area contributed by atoms with Crippen molar-refractivity contribution >= 4 is 34.2 Å². The van der Waals surface area contributed by atoms with Crippen LogP contribution < -0.4 is 0 Å². The van der Waals surface area contributed by atoms with Crippen LogP contribution in [0.4, 0.5) is 0 Å². The number of aryl methyl sites for hydroxylation is 2. The fourth-order valence-corrected chi connectivity index (χ4v) is 2.95. The van der Waals surface area contributed by atoms with Crippen LogP contribution >= 0.6 is 23.2 Å². The molecule has 1 aromatic heterocycles. The minimum Gasteiger partial charge on any atom is -0.298 e. The maximum atomic E-state index is 6.24. The summed E-state index contributed by atoms with van der Waals surface area (Å²) in [5, 5.41) is 0.684. The van der Waals surface area contributed by atoms with E-state index >= 15 is 0 Å². The summed E-state index contributed by atoms with van der Waals surface area (Å²) in [7, 11) is 0. The highest BCUT2D eigenvalue weighted by molar-refractivity contribution is 6.32. The molecule has 0 atom stereocenters. The van der Waals surface area contributed by atoms with Crippen molar-refractivity contribution in [2.45, 2.75) is 19.7 Å². The Morgan fingerprint density at radius 3 is 2.65 bits per heavy atom. The molecule has 4 heteroatoms. The fourth-order valence-electron chi connectivity index (χ4n) is 2.36. The lowest BCUT2D eigenvalue weighted by Crippen LogP contribution is -1.98. The number of rotatable bonds is 2. The number of fused-ring (bicyclic) bond motifs is 1. The number of benzene rings is 2. The minimum absolute atomic E-state index is 0.375. The second-order valence-electron chi connectivity index (χ2n) is 4.91. The number of hydrogen-bond donors (Lipinski definition) is 0. The van der Waals surface area contributed by atoms with Gasteiger partial charge in [-0.1, -0.05) is 17.7 Å². The van der Waals surface area contributed by atoms with Crippen LogP contribution in [-0.4, -0.2) is 9.55 Å². The van der Waals surface area contributed by atoms with Crippen molar-refractivity contribution in [3.05, 3.63) is 58.4 Å². The summed E-state index contributed by atoms with van der Waals surface area (Å²) in [6, 6.07) is 10.1. The van der Waals surface area contributed by atoms with E-state index in [4.69, 9.17) is 23.2 Å². The lowest BCUT2D eigenvalue weighted by molar-refractivity contribution is 1.07. The molecule has 3 rings (SSSR count). The van der Waals surface area contributed by atoms with Crippen molar-refractivity contribution in [2.75, 3.05) is 0 Å². The summed E-state index contributed by atoms with van der Waals surface area (Å²) in [6.07, 6.45) is 1.82. The summed E-state index contributed by atoms with van der Waals surface area (Å²) in [6.45, 7) is 4.20. The van der Waals surface area contributed by atoms with E-state index in [1.807, 2.05) is 29.1 Å². The molecule has 0 aliphatic rings. The third kappa shape index (κ3) is 2.09. The molecule has 2 nitrogen and oxygen atoms in total. The van der Waals surface area contributed by atoms with Gasteiger partial charge < -0.3 is 0 Å². The minimum atomic E-state index is 0.375. The van der Waals surface area contributed by atoms with Crippen LogP contribution in [0, 0.1) is 13.8 Å². The van der Waals surface area contributed by atoms with Crippen molar-refractivity contribution < 1.29 is 0 Å². The van der Waals surface area contributed by atoms with E-state index in [0.29, 0.717) is 10.9 Å². The number of aromatic nitrogens is 2. The van der Waals surface area contributed by atoms with Crippen LogP contribution in [-0.2, 0) is 5.88 Å². The first-order valence-corrected chi connectivity index (χ1v) is 7.31. The van der Waals surface area contributed by atoms with E-state index in [0.717, 1.165) is 22.3 Å². The fraction of sp³-hybridized carbons (Fsp3) is 0.188. The van der Waals surface area contributed by atoms with Gasteiger partial charge in [0.2, 0.25) is 0 Å². The maximum absolute atomic E-state index is 6.24. The smallest absolute Gasteiger partial charge is 0.100 e. The molecule has 2 aromatic carbocycles. The van der Waals surface area contributed by atoms with Gasteiger partial charge in [0.15, 0.2) is 0 Å². The Morgan fingerprint density at radius 2 is 1.90 bits per heavy atom. The van der Waals surface area contributed by atoms with Gasteiger partial charge in [-0.05, 0) is 49.2 Å². The van der Waals surface area contributed by atoms with Crippen molar-refractivity contribution in [3.63, 3.8) is 0 Å². The van der Waals surface area contributed by atoms with Crippen LogP contribution in [0.25, 0.3) is 16.7 Å². The first-order chi connectivity index (χ1) is 9.61. The summed E-state index contributed by atoms with van der Waals surface area (Å²) in [5.74, 6) is 0.375. The van der Waals surface area contributed by atoms with Gasteiger partial charge in [-0.15, -0.1) is 11.6 Å². The first kappa shape index (κ1) is 13.5. The zero-order valence-corrected chi connectivity index (χ0v) is 12.8. The summed E-state index contributed by atoms with van der Waals surface area (Å²) < 4.78 is 2.05. The Kier molecular flexibility index (Phi) is 3.45.